The van der Waals surface area contributed by atoms with Crippen LogP contribution in [0.4, 0.5) is 0 Å². The van der Waals surface area contributed by atoms with Gasteiger partial charge in [-0.1, -0.05) is 31.7 Å². The molecule has 0 unspecified atom stereocenters. The Morgan fingerprint density at radius 2 is 2.31 bits per heavy atom. The Bertz CT molecular complexity index is 342. The van der Waals surface area contributed by atoms with Crippen molar-refractivity contribution in [2.24, 2.45) is 5.73 Å². The molecule has 2 heteroatoms. The van der Waals surface area contributed by atoms with Gasteiger partial charge in [0.25, 0.3) is 0 Å². The second-order valence-corrected chi connectivity index (χ2v) is 2.84. The average molecular weight is 175 g/mol. The number of benzene rings is 1. The van der Waals surface area contributed by atoms with Gasteiger partial charge in [0.2, 0.25) is 5.91 Å². The van der Waals surface area contributed by atoms with E-state index in [4.69, 9.17) is 5.73 Å². The summed E-state index contributed by atoms with van der Waals surface area (Å²) >= 11 is 0. The molecule has 1 rings (SSSR count). The molecule has 0 aromatic heterocycles. The number of aryl methyl sites for hydroxylation is 1. The van der Waals surface area contributed by atoms with E-state index in [1.54, 1.807) is 12.1 Å². The van der Waals surface area contributed by atoms with E-state index in [0.29, 0.717) is 5.56 Å². The molecule has 0 aliphatic rings. The molecule has 2 N–H and O–H groups in total. The van der Waals surface area contributed by atoms with Gasteiger partial charge in [-0.2, -0.15) is 0 Å². The second kappa shape index (κ2) is 3.90. The molecule has 2 nitrogen and oxygen atoms in total. The first-order valence-corrected chi connectivity index (χ1v) is 4.24. The zero-order chi connectivity index (χ0) is 9.84. The molecule has 0 aliphatic heterocycles. The predicted octanol–water partition coefficient (Wildman–Crippen LogP) is 1.99. The van der Waals surface area contributed by atoms with Crippen LogP contribution < -0.4 is 5.73 Å². The fraction of sp³-hybridized carbons (Fsp3) is 0.182. The SMILES string of the molecule is C=Cc1ccc(C(N)=O)c(CC)c1. The van der Waals surface area contributed by atoms with Gasteiger partial charge in [-0.05, 0) is 23.6 Å². The minimum atomic E-state index is -0.368. The Morgan fingerprint density at radius 3 is 2.77 bits per heavy atom. The van der Waals surface area contributed by atoms with Crippen LogP contribution in [-0.2, 0) is 6.42 Å². The van der Waals surface area contributed by atoms with Crippen LogP contribution in [-0.4, -0.2) is 5.91 Å². The lowest BCUT2D eigenvalue weighted by atomic mass is 10.0. The molecule has 0 spiro atoms. The van der Waals surface area contributed by atoms with Crippen molar-refractivity contribution in [1.82, 2.24) is 0 Å². The zero-order valence-electron chi connectivity index (χ0n) is 7.71. The number of hydrogen-bond donors (Lipinski definition) is 1. The maximum atomic E-state index is 11.0. The summed E-state index contributed by atoms with van der Waals surface area (Å²) in [5.74, 6) is -0.368. The molecule has 0 atom stereocenters. The molecule has 1 aromatic carbocycles. The Labute approximate surface area is 78.1 Å². The molecule has 0 aliphatic carbocycles. The first-order valence-electron chi connectivity index (χ1n) is 4.24. The minimum Gasteiger partial charge on any atom is -0.366 e. The smallest absolute Gasteiger partial charge is 0.248 e. The lowest BCUT2D eigenvalue weighted by Crippen LogP contribution is -2.13. The fourth-order valence-corrected chi connectivity index (χ4v) is 1.27. The summed E-state index contributed by atoms with van der Waals surface area (Å²) in [6.07, 6.45) is 2.56. The van der Waals surface area contributed by atoms with Crippen molar-refractivity contribution >= 4 is 12.0 Å². The third-order valence-electron chi connectivity index (χ3n) is 2.01. The monoisotopic (exact) mass is 175 g/mol. The number of nitrogens with two attached hydrogens (primary N) is 1. The van der Waals surface area contributed by atoms with Gasteiger partial charge in [0.15, 0.2) is 0 Å². The van der Waals surface area contributed by atoms with Crippen LogP contribution in [0.25, 0.3) is 6.08 Å². The highest BCUT2D eigenvalue weighted by atomic mass is 16.1. The molecule has 0 saturated heterocycles. The van der Waals surface area contributed by atoms with Gasteiger partial charge in [-0.15, -0.1) is 0 Å². The first kappa shape index (κ1) is 9.52. The summed E-state index contributed by atoms with van der Waals surface area (Å²) in [4.78, 5) is 11.0. The van der Waals surface area contributed by atoms with E-state index >= 15 is 0 Å². The summed E-state index contributed by atoms with van der Waals surface area (Å²) in [6, 6.07) is 5.53. The number of carbonyl (C=O) groups is 1. The minimum absolute atomic E-state index is 0.368. The quantitative estimate of drug-likeness (QED) is 0.750. The molecular weight excluding hydrogens is 162 g/mol. The Hall–Kier alpha value is -1.57. The highest BCUT2D eigenvalue weighted by Gasteiger charge is 2.05. The normalized spacial score (nSPS) is 9.62. The number of amides is 1. The van der Waals surface area contributed by atoms with Gasteiger partial charge in [-0.3, -0.25) is 4.79 Å². The molecule has 0 radical (unpaired) electrons. The Morgan fingerprint density at radius 1 is 1.62 bits per heavy atom. The number of carbonyl (C=O) groups excluding carboxylic acids is 1. The van der Waals surface area contributed by atoms with Crippen molar-refractivity contribution < 1.29 is 4.79 Å². The van der Waals surface area contributed by atoms with Gasteiger partial charge in [-0.25, -0.2) is 0 Å². The topological polar surface area (TPSA) is 43.1 Å². The number of primary amides is 1. The zero-order valence-corrected chi connectivity index (χ0v) is 7.71. The third kappa shape index (κ3) is 1.96. The van der Waals surface area contributed by atoms with Crippen molar-refractivity contribution in [2.75, 3.05) is 0 Å². The molecule has 0 fully saturated rings. The summed E-state index contributed by atoms with van der Waals surface area (Å²) in [6.45, 7) is 5.66. The Kier molecular flexibility index (Phi) is 2.85. The van der Waals surface area contributed by atoms with E-state index in [-0.39, 0.29) is 5.91 Å². The van der Waals surface area contributed by atoms with Gasteiger partial charge in [0.05, 0.1) is 0 Å². The lowest BCUT2D eigenvalue weighted by molar-refractivity contribution is 0.0999. The molecule has 13 heavy (non-hydrogen) atoms. The summed E-state index contributed by atoms with van der Waals surface area (Å²) < 4.78 is 0. The third-order valence-corrected chi connectivity index (χ3v) is 2.01. The summed E-state index contributed by atoms with van der Waals surface area (Å²) in [5, 5.41) is 0. The van der Waals surface area contributed by atoms with E-state index in [1.165, 1.54) is 0 Å². The molecular formula is C11H13NO. The van der Waals surface area contributed by atoms with Crippen LogP contribution in [0.15, 0.2) is 24.8 Å². The van der Waals surface area contributed by atoms with Crippen molar-refractivity contribution in [3.05, 3.63) is 41.5 Å². The second-order valence-electron chi connectivity index (χ2n) is 2.84. The molecule has 0 heterocycles. The molecule has 68 valence electrons. The largest absolute Gasteiger partial charge is 0.366 e. The van der Waals surface area contributed by atoms with Gasteiger partial charge in [0.1, 0.15) is 0 Å². The van der Waals surface area contributed by atoms with Crippen LogP contribution in [0.1, 0.15) is 28.4 Å². The van der Waals surface area contributed by atoms with Crippen molar-refractivity contribution in [3.8, 4) is 0 Å². The van der Waals surface area contributed by atoms with Crippen molar-refractivity contribution in [1.29, 1.82) is 0 Å². The maximum Gasteiger partial charge on any atom is 0.248 e. The summed E-state index contributed by atoms with van der Waals surface area (Å²) in [7, 11) is 0. The van der Waals surface area contributed by atoms with Crippen LogP contribution >= 0.6 is 0 Å². The van der Waals surface area contributed by atoms with E-state index in [0.717, 1.165) is 17.5 Å². The lowest BCUT2D eigenvalue weighted by Gasteiger charge is -2.04. The highest BCUT2D eigenvalue weighted by molar-refractivity contribution is 5.94. The van der Waals surface area contributed by atoms with Gasteiger partial charge in [0, 0.05) is 5.56 Å². The van der Waals surface area contributed by atoms with E-state index < -0.39 is 0 Å². The first-order chi connectivity index (χ1) is 6.19. The van der Waals surface area contributed by atoms with E-state index in [9.17, 15) is 4.79 Å². The van der Waals surface area contributed by atoms with Crippen LogP contribution in [0.5, 0.6) is 0 Å². The van der Waals surface area contributed by atoms with Gasteiger partial charge < -0.3 is 5.73 Å². The molecule has 1 amide bonds. The molecule has 0 saturated carbocycles. The van der Waals surface area contributed by atoms with E-state index in [1.807, 2.05) is 19.1 Å². The average Bonchev–Trinajstić information content (AvgIpc) is 2.16. The molecule has 1 aromatic rings. The van der Waals surface area contributed by atoms with Crippen LogP contribution in [0.3, 0.4) is 0 Å². The van der Waals surface area contributed by atoms with Crippen LogP contribution in [0.2, 0.25) is 0 Å². The number of rotatable bonds is 3. The molecule has 0 bridgehead atoms. The number of hydrogen-bond acceptors (Lipinski definition) is 1. The highest BCUT2D eigenvalue weighted by Crippen LogP contribution is 2.13. The Balaban J connectivity index is 3.23. The standard InChI is InChI=1S/C11H13NO/c1-3-8-5-6-10(11(12)13)9(4-2)7-8/h3,5-7H,1,4H2,2H3,(H2,12,13). The maximum absolute atomic E-state index is 11.0. The van der Waals surface area contributed by atoms with Gasteiger partial charge >= 0.3 is 0 Å². The predicted molar refractivity (Wildman–Crippen MR) is 54.4 cm³/mol. The fourth-order valence-electron chi connectivity index (χ4n) is 1.27. The van der Waals surface area contributed by atoms with E-state index in [2.05, 4.69) is 6.58 Å². The van der Waals surface area contributed by atoms with Crippen molar-refractivity contribution in [2.45, 2.75) is 13.3 Å². The summed E-state index contributed by atoms with van der Waals surface area (Å²) in [5.41, 5.74) is 7.81. The van der Waals surface area contributed by atoms with Crippen molar-refractivity contribution in [3.63, 3.8) is 0 Å². The van der Waals surface area contributed by atoms with Crippen LogP contribution in [0, 0.1) is 0 Å².